The number of aromatic nitrogens is 2. The van der Waals surface area contributed by atoms with Crippen LogP contribution in [0.3, 0.4) is 0 Å². The summed E-state index contributed by atoms with van der Waals surface area (Å²) in [5.74, 6) is 0. The number of para-hydroxylation sites is 4. The Morgan fingerprint density at radius 1 is 0.417 bits per heavy atom. The SMILES string of the molecule is CCn1c2ccccc2c2c(N(c3ccc(-c4ccc5c6ccccc6n(-c6ccc(-c7ccccc7)cc6)c5c4)cc3)c3cccc4c3oc3ccccc34)cccc21. The van der Waals surface area contributed by atoms with E-state index in [1.165, 1.54) is 54.7 Å². The highest BCUT2D eigenvalue weighted by Crippen LogP contribution is 2.47. The molecular weight excluding hydrogens is 731 g/mol. The van der Waals surface area contributed by atoms with Gasteiger partial charge in [-0.2, -0.15) is 0 Å². The molecule has 0 radical (unpaired) electrons. The van der Waals surface area contributed by atoms with Crippen molar-refractivity contribution in [2.24, 2.45) is 0 Å². The number of hydrogen-bond donors (Lipinski definition) is 0. The Hall–Kier alpha value is -7.82. The summed E-state index contributed by atoms with van der Waals surface area (Å²) in [6, 6.07) is 74.5. The Balaban J connectivity index is 1.02. The average molecular weight is 770 g/mol. The normalized spacial score (nSPS) is 11.8. The fraction of sp³-hybridized carbons (Fsp3) is 0.0357. The van der Waals surface area contributed by atoms with Crippen LogP contribution >= 0.6 is 0 Å². The van der Waals surface area contributed by atoms with Gasteiger partial charge in [-0.3, -0.25) is 0 Å². The number of aryl methyl sites for hydroxylation is 1. The van der Waals surface area contributed by atoms with Crippen LogP contribution in [0.5, 0.6) is 0 Å². The average Bonchev–Trinajstić information content (AvgIpc) is 3.98. The Morgan fingerprint density at radius 3 is 1.82 bits per heavy atom. The topological polar surface area (TPSA) is 26.2 Å². The summed E-state index contributed by atoms with van der Waals surface area (Å²) in [6.45, 7) is 3.10. The molecule has 284 valence electrons. The van der Waals surface area contributed by atoms with Crippen molar-refractivity contribution in [2.75, 3.05) is 4.90 Å². The Kier molecular flexibility index (Phi) is 7.79. The van der Waals surface area contributed by atoms with Crippen molar-refractivity contribution in [3.8, 4) is 27.9 Å². The van der Waals surface area contributed by atoms with Crippen molar-refractivity contribution in [2.45, 2.75) is 13.5 Å². The molecule has 4 nitrogen and oxygen atoms in total. The van der Waals surface area contributed by atoms with E-state index in [0.29, 0.717) is 0 Å². The van der Waals surface area contributed by atoms with Gasteiger partial charge in [-0.25, -0.2) is 0 Å². The van der Waals surface area contributed by atoms with Gasteiger partial charge in [0.05, 0.1) is 27.9 Å². The predicted molar refractivity (Wildman–Crippen MR) is 252 cm³/mol. The third-order valence-electron chi connectivity index (χ3n) is 12.3. The first-order chi connectivity index (χ1) is 29.7. The molecule has 0 aliphatic carbocycles. The van der Waals surface area contributed by atoms with Crippen LogP contribution in [-0.4, -0.2) is 9.13 Å². The van der Waals surface area contributed by atoms with Crippen LogP contribution in [0.1, 0.15) is 6.92 Å². The first kappa shape index (κ1) is 34.2. The summed E-state index contributed by atoms with van der Waals surface area (Å²) in [5, 5.41) is 7.17. The van der Waals surface area contributed by atoms with Crippen LogP contribution in [0.2, 0.25) is 0 Å². The second-order valence-corrected chi connectivity index (χ2v) is 15.6. The van der Waals surface area contributed by atoms with E-state index in [1.807, 2.05) is 6.07 Å². The number of nitrogens with zero attached hydrogens (tertiary/aromatic N) is 3. The largest absolute Gasteiger partial charge is 0.454 e. The Labute approximate surface area is 347 Å². The molecule has 0 atom stereocenters. The lowest BCUT2D eigenvalue weighted by Gasteiger charge is -2.27. The van der Waals surface area contributed by atoms with Crippen LogP contribution in [0.4, 0.5) is 17.1 Å². The van der Waals surface area contributed by atoms with E-state index in [-0.39, 0.29) is 0 Å². The molecule has 0 unspecified atom stereocenters. The lowest BCUT2D eigenvalue weighted by molar-refractivity contribution is 0.669. The van der Waals surface area contributed by atoms with Crippen molar-refractivity contribution in [1.82, 2.24) is 9.13 Å². The van der Waals surface area contributed by atoms with E-state index >= 15 is 0 Å². The molecule has 0 bridgehead atoms. The first-order valence-corrected chi connectivity index (χ1v) is 20.7. The van der Waals surface area contributed by atoms with Gasteiger partial charge in [0.25, 0.3) is 0 Å². The fourth-order valence-electron chi connectivity index (χ4n) is 9.59. The highest BCUT2D eigenvalue weighted by atomic mass is 16.3. The van der Waals surface area contributed by atoms with Crippen LogP contribution in [0.25, 0.3) is 93.5 Å². The molecule has 3 heterocycles. The van der Waals surface area contributed by atoms with Gasteiger partial charge in [-0.1, -0.05) is 140 Å². The van der Waals surface area contributed by atoms with Crippen LogP contribution < -0.4 is 4.90 Å². The number of hydrogen-bond acceptors (Lipinski definition) is 2. The number of rotatable bonds is 7. The maximum absolute atomic E-state index is 6.72. The van der Waals surface area contributed by atoms with Crippen LogP contribution in [-0.2, 0) is 6.54 Å². The van der Waals surface area contributed by atoms with E-state index in [2.05, 4.69) is 221 Å². The Bertz CT molecular complexity index is 3570. The van der Waals surface area contributed by atoms with Gasteiger partial charge in [0.1, 0.15) is 5.58 Å². The van der Waals surface area contributed by atoms with Gasteiger partial charge in [-0.15, -0.1) is 0 Å². The summed E-state index contributed by atoms with van der Waals surface area (Å²) >= 11 is 0. The van der Waals surface area contributed by atoms with E-state index in [4.69, 9.17) is 4.42 Å². The molecule has 0 saturated heterocycles. The zero-order valence-corrected chi connectivity index (χ0v) is 33.1. The summed E-state index contributed by atoms with van der Waals surface area (Å²) in [6.07, 6.45) is 0. The fourth-order valence-corrected chi connectivity index (χ4v) is 9.59. The molecule has 3 aromatic heterocycles. The Morgan fingerprint density at radius 2 is 1.00 bits per heavy atom. The highest BCUT2D eigenvalue weighted by Gasteiger charge is 2.24. The quantitative estimate of drug-likeness (QED) is 0.161. The van der Waals surface area contributed by atoms with Crippen LogP contribution in [0, 0.1) is 0 Å². The molecule has 0 fully saturated rings. The maximum atomic E-state index is 6.72. The predicted octanol–water partition coefficient (Wildman–Crippen LogP) is 15.6. The molecule has 60 heavy (non-hydrogen) atoms. The lowest BCUT2D eigenvalue weighted by atomic mass is 10.0. The molecule has 0 aliphatic heterocycles. The molecule has 0 amide bonds. The lowest BCUT2D eigenvalue weighted by Crippen LogP contribution is -2.10. The van der Waals surface area contributed by atoms with E-state index < -0.39 is 0 Å². The molecule has 9 aromatic carbocycles. The van der Waals surface area contributed by atoms with Crippen molar-refractivity contribution in [3.63, 3.8) is 0 Å². The zero-order valence-electron chi connectivity index (χ0n) is 33.1. The van der Waals surface area contributed by atoms with Crippen molar-refractivity contribution < 1.29 is 4.42 Å². The molecule has 0 spiro atoms. The van der Waals surface area contributed by atoms with Gasteiger partial charge in [0.15, 0.2) is 5.58 Å². The first-order valence-electron chi connectivity index (χ1n) is 20.7. The summed E-state index contributed by atoms with van der Waals surface area (Å²) in [5.41, 5.74) is 15.6. The van der Waals surface area contributed by atoms with Gasteiger partial charge in [0, 0.05) is 55.8 Å². The third kappa shape index (κ3) is 5.24. The molecular formula is C56H39N3O. The maximum Gasteiger partial charge on any atom is 0.159 e. The zero-order chi connectivity index (χ0) is 39.7. The standard InChI is InChI=1S/C56H39N3O/c1-2-57-48-20-9-7-18-47(48)55-50(57)22-13-23-51(55)59(52-24-12-19-46-45-17-8-11-25-54(45)60-56(46)52)42-33-28-39(29-34-42)40-30-35-44-43-16-6-10-21-49(43)58(53(44)36-40)41-31-26-38(27-32-41)37-14-4-3-5-15-37/h3-36H,2H2,1H3. The minimum absolute atomic E-state index is 0.870. The van der Waals surface area contributed by atoms with Gasteiger partial charge in [-0.05, 0) is 95.9 Å². The summed E-state index contributed by atoms with van der Waals surface area (Å²) < 4.78 is 11.5. The van der Waals surface area contributed by atoms with E-state index in [1.54, 1.807) is 0 Å². The smallest absolute Gasteiger partial charge is 0.159 e. The summed E-state index contributed by atoms with van der Waals surface area (Å²) in [4.78, 5) is 2.39. The molecule has 12 aromatic rings. The number of furan rings is 1. The summed E-state index contributed by atoms with van der Waals surface area (Å²) in [7, 11) is 0. The van der Waals surface area contributed by atoms with Gasteiger partial charge in [0.2, 0.25) is 0 Å². The number of benzene rings is 9. The van der Waals surface area contributed by atoms with Gasteiger partial charge < -0.3 is 18.5 Å². The van der Waals surface area contributed by atoms with E-state index in [0.717, 1.165) is 62.4 Å². The monoisotopic (exact) mass is 769 g/mol. The van der Waals surface area contributed by atoms with Crippen molar-refractivity contribution in [1.29, 1.82) is 0 Å². The van der Waals surface area contributed by atoms with Crippen LogP contribution in [0.15, 0.2) is 211 Å². The molecule has 0 N–H and O–H groups in total. The molecule has 4 heteroatoms. The number of fused-ring (bicyclic) bond motifs is 9. The second kappa shape index (κ2) is 13.6. The third-order valence-corrected chi connectivity index (χ3v) is 12.3. The highest BCUT2D eigenvalue weighted by molar-refractivity contribution is 6.18. The molecule has 0 saturated carbocycles. The second-order valence-electron chi connectivity index (χ2n) is 15.6. The van der Waals surface area contributed by atoms with E-state index in [9.17, 15) is 0 Å². The molecule has 12 rings (SSSR count). The number of anilines is 3. The molecule has 0 aliphatic rings. The minimum Gasteiger partial charge on any atom is -0.454 e. The van der Waals surface area contributed by atoms with Gasteiger partial charge >= 0.3 is 0 Å². The minimum atomic E-state index is 0.870. The van der Waals surface area contributed by atoms with Crippen molar-refractivity contribution >= 4 is 82.6 Å². The van der Waals surface area contributed by atoms with Crippen molar-refractivity contribution in [3.05, 3.63) is 206 Å².